The van der Waals surface area contributed by atoms with Crippen LogP contribution in [0.2, 0.25) is 10.0 Å². The Morgan fingerprint density at radius 2 is 1.86 bits per heavy atom. The summed E-state index contributed by atoms with van der Waals surface area (Å²) in [4.78, 5) is 11.8. The van der Waals surface area contributed by atoms with E-state index in [1.807, 2.05) is 0 Å². The van der Waals surface area contributed by atoms with Crippen LogP contribution in [0.25, 0.3) is 6.08 Å². The molecule has 0 unspecified atom stereocenters. The first-order chi connectivity index (χ1) is 9.95. The lowest BCUT2D eigenvalue weighted by atomic mass is 10.2. The Morgan fingerprint density at radius 3 is 2.48 bits per heavy atom. The van der Waals surface area contributed by atoms with Crippen LogP contribution in [0.3, 0.4) is 0 Å². The van der Waals surface area contributed by atoms with Crippen molar-refractivity contribution in [3.05, 3.63) is 68.4 Å². The van der Waals surface area contributed by atoms with Crippen LogP contribution >= 0.6 is 39.1 Å². The average molecular weight is 389 g/mol. The van der Waals surface area contributed by atoms with Gasteiger partial charge in [0.05, 0.1) is 10.7 Å². The van der Waals surface area contributed by atoms with Gasteiger partial charge in [0, 0.05) is 15.6 Å². The number of anilines is 1. The molecule has 0 saturated carbocycles. The number of hydrogen-bond donors (Lipinski definition) is 1. The minimum absolute atomic E-state index is 0.120. The van der Waals surface area contributed by atoms with Gasteiger partial charge in [-0.3, -0.25) is 4.79 Å². The summed E-state index contributed by atoms with van der Waals surface area (Å²) in [6.07, 6.45) is 2.99. The zero-order chi connectivity index (χ0) is 15.4. The van der Waals surface area contributed by atoms with Crippen molar-refractivity contribution < 1.29 is 9.18 Å². The Hall–Kier alpha value is -1.36. The second kappa shape index (κ2) is 7.07. The minimum atomic E-state index is -0.485. The van der Waals surface area contributed by atoms with Crippen molar-refractivity contribution in [2.75, 3.05) is 5.32 Å². The molecule has 1 amide bonds. The summed E-state index contributed by atoms with van der Waals surface area (Å²) in [7, 11) is 0. The summed E-state index contributed by atoms with van der Waals surface area (Å²) in [6, 6.07) is 9.38. The lowest BCUT2D eigenvalue weighted by Crippen LogP contribution is -2.09. The smallest absolute Gasteiger partial charge is 0.248 e. The second-order valence-electron chi connectivity index (χ2n) is 4.12. The molecule has 2 aromatic carbocycles. The molecule has 21 heavy (non-hydrogen) atoms. The highest BCUT2D eigenvalue weighted by atomic mass is 79.9. The van der Waals surface area contributed by atoms with Crippen molar-refractivity contribution >= 4 is 56.8 Å². The molecule has 0 aliphatic carbocycles. The maximum absolute atomic E-state index is 13.1. The monoisotopic (exact) mass is 387 g/mol. The quantitative estimate of drug-likeness (QED) is 0.686. The molecule has 2 aromatic rings. The zero-order valence-corrected chi connectivity index (χ0v) is 13.6. The third-order valence-electron chi connectivity index (χ3n) is 2.55. The normalized spacial score (nSPS) is 10.9. The summed E-state index contributed by atoms with van der Waals surface area (Å²) in [6.45, 7) is 0. The van der Waals surface area contributed by atoms with Crippen molar-refractivity contribution in [3.8, 4) is 0 Å². The lowest BCUT2D eigenvalue weighted by Gasteiger charge is -2.07. The van der Waals surface area contributed by atoms with Gasteiger partial charge in [0.1, 0.15) is 5.82 Å². The van der Waals surface area contributed by atoms with Crippen LogP contribution in [0.15, 0.2) is 46.9 Å². The number of carbonyl (C=O) groups is 1. The van der Waals surface area contributed by atoms with Gasteiger partial charge < -0.3 is 5.32 Å². The van der Waals surface area contributed by atoms with Gasteiger partial charge >= 0.3 is 0 Å². The van der Waals surface area contributed by atoms with Gasteiger partial charge in [-0.1, -0.05) is 35.3 Å². The summed E-state index contributed by atoms with van der Waals surface area (Å²) >= 11 is 14.8. The molecule has 0 radical (unpaired) electrons. The molecule has 0 atom stereocenters. The van der Waals surface area contributed by atoms with E-state index in [-0.39, 0.29) is 10.9 Å². The van der Waals surface area contributed by atoms with Crippen LogP contribution in [-0.2, 0) is 4.79 Å². The van der Waals surface area contributed by atoms with Crippen molar-refractivity contribution in [3.63, 3.8) is 0 Å². The molecule has 6 heteroatoms. The summed E-state index contributed by atoms with van der Waals surface area (Å²) in [5.41, 5.74) is 1.16. The Balaban J connectivity index is 2.10. The molecule has 1 N–H and O–H groups in total. The number of carbonyl (C=O) groups excluding carboxylic acids is 1. The summed E-state index contributed by atoms with van der Waals surface area (Å²) in [5, 5.41) is 3.33. The van der Waals surface area contributed by atoms with E-state index in [0.717, 1.165) is 11.6 Å². The van der Waals surface area contributed by atoms with Gasteiger partial charge in [0.15, 0.2) is 0 Å². The Bertz CT molecular complexity index is 678. The number of rotatable bonds is 3. The number of halogens is 4. The third kappa shape index (κ3) is 4.56. The van der Waals surface area contributed by atoms with Crippen molar-refractivity contribution in [2.24, 2.45) is 0 Å². The molecular formula is C15H9BrCl2FNO. The van der Waals surface area contributed by atoms with E-state index >= 15 is 0 Å². The third-order valence-corrected chi connectivity index (χ3v) is 3.73. The van der Waals surface area contributed by atoms with Gasteiger partial charge in [-0.25, -0.2) is 4.39 Å². The Morgan fingerprint density at radius 1 is 1.19 bits per heavy atom. The summed E-state index contributed by atoms with van der Waals surface area (Å²) < 4.78 is 13.5. The highest BCUT2D eigenvalue weighted by Crippen LogP contribution is 2.31. The van der Waals surface area contributed by atoms with E-state index < -0.39 is 5.82 Å². The number of nitrogens with one attached hydrogen (secondary N) is 1. The number of benzene rings is 2. The van der Waals surface area contributed by atoms with Crippen LogP contribution in [0.4, 0.5) is 10.1 Å². The van der Waals surface area contributed by atoms with E-state index in [1.165, 1.54) is 12.1 Å². The predicted molar refractivity (Wildman–Crippen MR) is 88.2 cm³/mol. The van der Waals surface area contributed by atoms with Gasteiger partial charge in [-0.15, -0.1) is 0 Å². The SMILES string of the molecule is O=C(/C=C/c1ccc(Cl)cc1)Nc1c(Cl)cc(F)cc1Br. The van der Waals surface area contributed by atoms with Gasteiger partial charge in [0.2, 0.25) is 5.91 Å². The first-order valence-electron chi connectivity index (χ1n) is 5.85. The Labute approximate surface area is 139 Å². The molecule has 0 bridgehead atoms. The van der Waals surface area contributed by atoms with Crippen LogP contribution in [0.5, 0.6) is 0 Å². The molecule has 0 spiro atoms. The molecule has 0 saturated heterocycles. The molecule has 108 valence electrons. The van der Waals surface area contributed by atoms with Crippen molar-refractivity contribution in [1.82, 2.24) is 0 Å². The lowest BCUT2D eigenvalue weighted by molar-refractivity contribution is -0.111. The van der Waals surface area contributed by atoms with Crippen LogP contribution in [0.1, 0.15) is 5.56 Å². The molecule has 0 heterocycles. The van der Waals surface area contributed by atoms with Crippen molar-refractivity contribution in [2.45, 2.75) is 0 Å². The van der Waals surface area contributed by atoms with E-state index in [1.54, 1.807) is 30.3 Å². The Kier molecular flexibility index (Phi) is 5.39. The topological polar surface area (TPSA) is 29.1 Å². The fraction of sp³-hybridized carbons (Fsp3) is 0. The van der Waals surface area contributed by atoms with E-state index in [4.69, 9.17) is 23.2 Å². The molecule has 2 rings (SSSR count). The molecule has 2 nitrogen and oxygen atoms in total. The zero-order valence-electron chi connectivity index (χ0n) is 10.5. The average Bonchev–Trinajstić information content (AvgIpc) is 2.42. The maximum Gasteiger partial charge on any atom is 0.248 e. The molecule has 0 fully saturated rings. The fourth-order valence-electron chi connectivity index (χ4n) is 1.57. The fourth-order valence-corrected chi connectivity index (χ4v) is 2.60. The van der Waals surface area contributed by atoms with E-state index in [9.17, 15) is 9.18 Å². The van der Waals surface area contributed by atoms with Gasteiger partial charge in [-0.2, -0.15) is 0 Å². The largest absolute Gasteiger partial charge is 0.320 e. The maximum atomic E-state index is 13.1. The van der Waals surface area contributed by atoms with Crippen LogP contribution in [0, 0.1) is 5.82 Å². The minimum Gasteiger partial charge on any atom is -0.320 e. The molecule has 0 aliphatic rings. The predicted octanol–water partition coefficient (Wildman–Crippen LogP) is 5.55. The van der Waals surface area contributed by atoms with E-state index in [2.05, 4.69) is 21.2 Å². The number of amides is 1. The first kappa shape index (κ1) is 16.0. The highest BCUT2D eigenvalue weighted by Gasteiger charge is 2.09. The van der Waals surface area contributed by atoms with Gasteiger partial charge in [0.25, 0.3) is 0 Å². The highest BCUT2D eigenvalue weighted by molar-refractivity contribution is 9.10. The standard InChI is InChI=1S/C15H9BrCl2FNO/c16-12-7-11(19)8-13(18)15(12)20-14(21)6-3-9-1-4-10(17)5-2-9/h1-8H,(H,20,21)/b6-3+. The molecule has 0 aromatic heterocycles. The number of hydrogen-bond acceptors (Lipinski definition) is 1. The first-order valence-corrected chi connectivity index (χ1v) is 7.40. The van der Waals surface area contributed by atoms with Gasteiger partial charge in [-0.05, 0) is 51.8 Å². The summed E-state index contributed by atoms with van der Waals surface area (Å²) in [5.74, 6) is -0.860. The van der Waals surface area contributed by atoms with E-state index in [0.29, 0.717) is 15.2 Å². The van der Waals surface area contributed by atoms with Crippen LogP contribution < -0.4 is 5.32 Å². The van der Waals surface area contributed by atoms with Crippen molar-refractivity contribution in [1.29, 1.82) is 0 Å². The van der Waals surface area contributed by atoms with Crippen LogP contribution in [-0.4, -0.2) is 5.91 Å². The second-order valence-corrected chi connectivity index (χ2v) is 5.82. The molecule has 0 aliphatic heterocycles. The molecular weight excluding hydrogens is 380 g/mol.